The molecular weight excluding hydrogens is 410 g/mol. The van der Waals surface area contributed by atoms with E-state index in [-0.39, 0.29) is 24.0 Å². The third-order valence-corrected chi connectivity index (χ3v) is 8.36. The van der Waals surface area contributed by atoms with E-state index in [2.05, 4.69) is 22.9 Å². The number of fused-ring (bicyclic) bond motifs is 2. The lowest BCUT2D eigenvalue weighted by molar-refractivity contribution is -0.0981. The molecule has 0 radical (unpaired) electrons. The summed E-state index contributed by atoms with van der Waals surface area (Å²) in [6, 6.07) is 6.26. The first-order valence-corrected chi connectivity index (χ1v) is 12.3. The second kappa shape index (κ2) is 8.62. The number of amides is 1. The Morgan fingerprint density at radius 2 is 2.13 bits per heavy atom. The number of nitrogens with zero attached hydrogens (tertiary/aromatic N) is 3. The van der Waals surface area contributed by atoms with E-state index < -0.39 is 0 Å². The minimum atomic E-state index is -0.0911. The van der Waals surface area contributed by atoms with Crippen LogP contribution in [-0.2, 0) is 29.7 Å². The van der Waals surface area contributed by atoms with Gasteiger partial charge in [0.1, 0.15) is 5.69 Å². The molecule has 166 valence electrons. The summed E-state index contributed by atoms with van der Waals surface area (Å²) in [6.07, 6.45) is 6.06. The van der Waals surface area contributed by atoms with E-state index in [1.807, 2.05) is 29.7 Å². The van der Waals surface area contributed by atoms with Crippen LogP contribution in [0.5, 0.6) is 0 Å². The van der Waals surface area contributed by atoms with Crippen LogP contribution in [0.25, 0.3) is 0 Å². The summed E-state index contributed by atoms with van der Waals surface area (Å²) >= 11 is 1.97. The molecule has 5 rings (SSSR count). The minimum absolute atomic E-state index is 0.0383. The molecule has 3 aliphatic heterocycles. The number of rotatable bonds is 5. The summed E-state index contributed by atoms with van der Waals surface area (Å²) in [5.74, 6) is 0.182. The Balaban J connectivity index is 1.18. The molecule has 0 unspecified atom stereocenters. The number of hydrogen-bond acceptors (Lipinski definition) is 6. The fraction of sp³-hybridized carbons (Fsp3) is 0.583. The second-order valence-corrected chi connectivity index (χ2v) is 10.3. The van der Waals surface area contributed by atoms with Gasteiger partial charge in [0.15, 0.2) is 0 Å². The molecule has 1 spiro atoms. The van der Waals surface area contributed by atoms with Gasteiger partial charge in [0.2, 0.25) is 0 Å². The number of aromatic nitrogens is 1. The number of hydrogen-bond donors (Lipinski definition) is 1. The summed E-state index contributed by atoms with van der Waals surface area (Å²) in [6.45, 7) is 7.34. The standard InChI is InChI=1S/C24H31N3O3S/c1-2-19-11-20-22(31-19)5-10-30-24(20)6-8-26(9-7-24)13-17-3-4-21(25-12-17)23(29)27-14-18(15-27)16-28/h3-4,11-12,18,28H,2,5-10,13-16H2,1H3. The van der Waals surface area contributed by atoms with Crippen molar-refractivity contribution in [2.75, 3.05) is 39.4 Å². The van der Waals surface area contributed by atoms with E-state index in [1.54, 1.807) is 4.90 Å². The molecule has 5 heterocycles. The maximum absolute atomic E-state index is 12.4. The van der Waals surface area contributed by atoms with Gasteiger partial charge in [-0.1, -0.05) is 13.0 Å². The Kier molecular flexibility index (Phi) is 5.86. The molecule has 2 aromatic rings. The highest BCUT2D eigenvalue weighted by atomic mass is 32.1. The third kappa shape index (κ3) is 4.04. The van der Waals surface area contributed by atoms with Crippen molar-refractivity contribution in [3.63, 3.8) is 0 Å². The molecule has 0 aromatic carbocycles. The largest absolute Gasteiger partial charge is 0.396 e. The lowest BCUT2D eigenvalue weighted by atomic mass is 9.82. The molecule has 1 N–H and O–H groups in total. The van der Waals surface area contributed by atoms with Crippen LogP contribution in [0, 0.1) is 5.92 Å². The van der Waals surface area contributed by atoms with Gasteiger partial charge in [0.05, 0.1) is 12.2 Å². The molecule has 2 fully saturated rings. The van der Waals surface area contributed by atoms with Crippen molar-refractivity contribution in [3.05, 3.63) is 51.0 Å². The monoisotopic (exact) mass is 441 g/mol. The third-order valence-electron chi connectivity index (χ3n) is 7.02. The van der Waals surface area contributed by atoms with Crippen molar-refractivity contribution in [3.8, 4) is 0 Å². The molecule has 0 aliphatic carbocycles. The average molecular weight is 442 g/mol. The van der Waals surface area contributed by atoms with E-state index in [0.29, 0.717) is 18.8 Å². The zero-order valence-electron chi connectivity index (χ0n) is 18.2. The highest BCUT2D eigenvalue weighted by molar-refractivity contribution is 7.12. The first-order valence-electron chi connectivity index (χ1n) is 11.4. The maximum Gasteiger partial charge on any atom is 0.272 e. The SMILES string of the molecule is CCc1cc2c(s1)CCOC21CCN(Cc2ccc(C(=O)N3CC(CO)C3)nc2)CC1. The molecule has 31 heavy (non-hydrogen) atoms. The number of aliphatic hydroxyl groups is 1. The van der Waals surface area contributed by atoms with Gasteiger partial charge in [-0.2, -0.15) is 0 Å². The van der Waals surface area contributed by atoms with Crippen LogP contribution in [0.2, 0.25) is 0 Å². The van der Waals surface area contributed by atoms with Crippen molar-refractivity contribution < 1.29 is 14.6 Å². The molecule has 0 saturated carbocycles. The lowest BCUT2D eigenvalue weighted by Crippen LogP contribution is -2.51. The Bertz CT molecular complexity index is 928. The van der Waals surface area contributed by atoms with Crippen LogP contribution in [0.1, 0.15) is 51.1 Å². The van der Waals surface area contributed by atoms with Crippen molar-refractivity contribution in [1.82, 2.24) is 14.8 Å². The van der Waals surface area contributed by atoms with E-state index in [0.717, 1.165) is 57.5 Å². The predicted octanol–water partition coefficient (Wildman–Crippen LogP) is 2.83. The quantitative estimate of drug-likeness (QED) is 0.773. The smallest absolute Gasteiger partial charge is 0.272 e. The molecule has 0 bridgehead atoms. The van der Waals surface area contributed by atoms with E-state index in [4.69, 9.17) is 9.84 Å². The average Bonchev–Trinajstić information content (AvgIpc) is 3.20. The molecule has 2 aromatic heterocycles. The van der Waals surface area contributed by atoms with E-state index in [9.17, 15) is 4.79 Å². The highest BCUT2D eigenvalue weighted by Gasteiger charge is 2.41. The maximum atomic E-state index is 12.4. The number of aliphatic hydroxyl groups excluding tert-OH is 1. The predicted molar refractivity (Wildman–Crippen MR) is 120 cm³/mol. The van der Waals surface area contributed by atoms with Gasteiger partial charge in [-0.15, -0.1) is 11.3 Å². The van der Waals surface area contributed by atoms with Crippen LogP contribution in [0.3, 0.4) is 0 Å². The number of ether oxygens (including phenoxy) is 1. The second-order valence-electron chi connectivity index (χ2n) is 9.08. The van der Waals surface area contributed by atoms with Crippen LogP contribution in [-0.4, -0.2) is 65.2 Å². The minimum Gasteiger partial charge on any atom is -0.396 e. The molecule has 2 saturated heterocycles. The fourth-order valence-corrected chi connectivity index (χ4v) is 6.23. The number of thiophene rings is 1. The van der Waals surface area contributed by atoms with Crippen molar-refractivity contribution >= 4 is 17.2 Å². The van der Waals surface area contributed by atoms with Gasteiger partial charge in [-0.25, -0.2) is 0 Å². The van der Waals surface area contributed by atoms with Crippen molar-refractivity contribution in [2.45, 2.75) is 44.8 Å². The molecule has 3 aliphatic rings. The molecular formula is C24H31N3O3S. The van der Waals surface area contributed by atoms with E-state index >= 15 is 0 Å². The lowest BCUT2D eigenvalue weighted by Gasteiger charge is -2.44. The summed E-state index contributed by atoms with van der Waals surface area (Å²) in [4.78, 5) is 24.1. The van der Waals surface area contributed by atoms with Crippen molar-refractivity contribution in [1.29, 1.82) is 0 Å². The highest BCUT2D eigenvalue weighted by Crippen LogP contribution is 2.44. The van der Waals surface area contributed by atoms with Gasteiger partial charge >= 0.3 is 0 Å². The fourth-order valence-electron chi connectivity index (χ4n) is 5.05. The zero-order valence-corrected chi connectivity index (χ0v) is 19.0. The Morgan fingerprint density at radius 1 is 1.32 bits per heavy atom. The van der Waals surface area contributed by atoms with Gasteiger partial charge in [-0.05, 0) is 42.5 Å². The van der Waals surface area contributed by atoms with Gasteiger partial charge in [0.25, 0.3) is 5.91 Å². The van der Waals surface area contributed by atoms with Gasteiger partial charge in [0, 0.05) is 67.6 Å². The Hall–Kier alpha value is -1.80. The van der Waals surface area contributed by atoms with Crippen molar-refractivity contribution in [2.24, 2.45) is 5.92 Å². The van der Waals surface area contributed by atoms with Gasteiger partial charge < -0.3 is 14.7 Å². The first-order chi connectivity index (χ1) is 15.1. The molecule has 6 nitrogen and oxygen atoms in total. The van der Waals surface area contributed by atoms with Crippen LogP contribution >= 0.6 is 11.3 Å². The Morgan fingerprint density at radius 3 is 2.81 bits per heavy atom. The van der Waals surface area contributed by atoms with Crippen LogP contribution in [0.4, 0.5) is 0 Å². The van der Waals surface area contributed by atoms with Crippen LogP contribution in [0.15, 0.2) is 24.4 Å². The number of carbonyl (C=O) groups excluding carboxylic acids is 1. The van der Waals surface area contributed by atoms with Crippen LogP contribution < -0.4 is 0 Å². The topological polar surface area (TPSA) is 65.9 Å². The summed E-state index contributed by atoms with van der Waals surface area (Å²) < 4.78 is 6.40. The number of aryl methyl sites for hydroxylation is 1. The number of pyridine rings is 1. The first kappa shape index (κ1) is 21.1. The zero-order chi connectivity index (χ0) is 21.4. The number of piperidine rings is 1. The summed E-state index contributed by atoms with van der Waals surface area (Å²) in [5.41, 5.74) is 2.99. The number of carbonyl (C=O) groups is 1. The number of likely N-dealkylation sites (tertiary alicyclic amines) is 2. The van der Waals surface area contributed by atoms with Gasteiger partial charge in [-0.3, -0.25) is 14.7 Å². The molecule has 0 atom stereocenters. The summed E-state index contributed by atoms with van der Waals surface area (Å²) in [7, 11) is 0. The molecule has 1 amide bonds. The van der Waals surface area contributed by atoms with E-state index in [1.165, 1.54) is 15.3 Å². The Labute approximate surface area is 187 Å². The molecule has 7 heteroatoms. The summed E-state index contributed by atoms with van der Waals surface area (Å²) in [5, 5.41) is 9.12. The normalized spacial score (nSPS) is 21.2.